The highest BCUT2D eigenvalue weighted by atomic mass is 32.2. The molecular weight excluding hydrogens is 1040 g/mol. The molecule has 0 aliphatic rings. The first-order chi connectivity index (χ1) is 36.4. The Balaban J connectivity index is 3.33. The van der Waals surface area contributed by atoms with Gasteiger partial charge in [0.15, 0.2) is 17.9 Å². The zero-order valence-corrected chi connectivity index (χ0v) is 46.1. The lowest BCUT2D eigenvalue weighted by molar-refractivity contribution is -0.142. The second-order valence-electron chi connectivity index (χ2n) is 18.1. The van der Waals surface area contributed by atoms with Gasteiger partial charge >= 0.3 is 5.97 Å². The molecular formula is C47H82N18O10S2. The molecule has 1 aromatic carbocycles. The predicted molar refractivity (Wildman–Crippen MR) is 299 cm³/mol. The molecule has 0 fully saturated rings. The van der Waals surface area contributed by atoms with Crippen molar-refractivity contribution in [3.8, 4) is 0 Å². The molecule has 30 heteroatoms. The monoisotopic (exact) mass is 1120 g/mol. The number of thioether (sulfide) groups is 2. The molecule has 0 unspecified atom stereocenters. The summed E-state index contributed by atoms with van der Waals surface area (Å²) in [5, 5.41) is 30.7. The molecule has 0 bridgehead atoms. The number of nitrogens with one attached hydrogen (secondary N) is 8. The van der Waals surface area contributed by atoms with Crippen molar-refractivity contribution < 1.29 is 48.3 Å². The quantitative estimate of drug-likeness (QED) is 0.0169. The molecule has 0 aromatic heterocycles. The fraction of sp³-hybridized carbons (Fsp3) is 0.617. The first kappa shape index (κ1) is 67.9. The van der Waals surface area contributed by atoms with Crippen molar-refractivity contribution in [3.63, 3.8) is 0 Å². The third-order valence-electron chi connectivity index (χ3n) is 11.3. The number of carbonyl (C=O) groups excluding carboxylic acids is 8. The molecule has 0 saturated carbocycles. The number of hydrogen-bond acceptors (Lipinski definition) is 15. The van der Waals surface area contributed by atoms with E-state index in [-0.39, 0.29) is 88.9 Å². The normalized spacial score (nSPS) is 14.0. The summed E-state index contributed by atoms with van der Waals surface area (Å²) in [4.78, 5) is 133. The van der Waals surface area contributed by atoms with Gasteiger partial charge in [-0.05, 0) is 93.8 Å². The largest absolute Gasteiger partial charge is 0.480 e. The lowest BCUT2D eigenvalue weighted by Gasteiger charge is -2.28. The molecule has 0 aliphatic carbocycles. The Labute approximate surface area is 457 Å². The molecule has 432 valence electrons. The Hall–Kier alpha value is -7.08. The Morgan fingerprint density at radius 1 is 0.519 bits per heavy atom. The molecule has 8 amide bonds. The minimum Gasteiger partial charge on any atom is -0.480 e. The maximum absolute atomic E-state index is 14.2. The Morgan fingerprint density at radius 2 is 0.948 bits per heavy atom. The molecule has 0 radical (unpaired) electrons. The number of carboxylic acid groups (broad SMARTS) is 1. The zero-order chi connectivity index (χ0) is 58.0. The summed E-state index contributed by atoms with van der Waals surface area (Å²) < 4.78 is 0. The van der Waals surface area contributed by atoms with Gasteiger partial charge in [-0.25, -0.2) is 4.79 Å². The van der Waals surface area contributed by atoms with E-state index in [9.17, 15) is 48.3 Å². The van der Waals surface area contributed by atoms with E-state index < -0.39 is 114 Å². The number of aliphatic imine (C=N–C) groups is 3. The van der Waals surface area contributed by atoms with Crippen LogP contribution in [0.1, 0.15) is 77.7 Å². The van der Waals surface area contributed by atoms with Gasteiger partial charge in [0.25, 0.3) is 0 Å². The van der Waals surface area contributed by atoms with Crippen LogP contribution in [-0.2, 0) is 49.6 Å². The van der Waals surface area contributed by atoms with Crippen LogP contribution in [0.3, 0.4) is 0 Å². The molecule has 1 aromatic rings. The number of rotatable bonds is 38. The van der Waals surface area contributed by atoms with Crippen LogP contribution in [0.25, 0.3) is 0 Å². The number of carbonyl (C=O) groups is 9. The van der Waals surface area contributed by atoms with Gasteiger partial charge < -0.3 is 87.8 Å². The maximum Gasteiger partial charge on any atom is 0.326 e. The second kappa shape index (κ2) is 37.6. The number of carboxylic acids is 1. The summed E-state index contributed by atoms with van der Waals surface area (Å²) in [7, 11) is 0. The van der Waals surface area contributed by atoms with Gasteiger partial charge in [-0.1, -0.05) is 44.2 Å². The van der Waals surface area contributed by atoms with Crippen LogP contribution in [-0.4, -0.2) is 175 Å². The Kier molecular flexibility index (Phi) is 33.2. The molecule has 0 spiro atoms. The number of nitrogens with zero attached hydrogens (tertiary/aromatic N) is 3. The van der Waals surface area contributed by atoms with E-state index in [1.807, 2.05) is 0 Å². The zero-order valence-electron chi connectivity index (χ0n) is 44.5. The van der Waals surface area contributed by atoms with Gasteiger partial charge in [0.1, 0.15) is 42.3 Å². The van der Waals surface area contributed by atoms with Gasteiger partial charge in [-0.2, -0.15) is 23.5 Å². The van der Waals surface area contributed by atoms with Crippen molar-refractivity contribution in [2.75, 3.05) is 50.2 Å². The van der Waals surface area contributed by atoms with Gasteiger partial charge in [-0.3, -0.25) is 53.3 Å². The summed E-state index contributed by atoms with van der Waals surface area (Å²) in [6, 6.07) is -1.01. The van der Waals surface area contributed by atoms with Crippen molar-refractivity contribution in [3.05, 3.63) is 35.9 Å². The molecule has 23 N–H and O–H groups in total. The molecule has 1 rings (SSSR count). The lowest BCUT2D eigenvalue weighted by Crippen LogP contribution is -2.60. The highest BCUT2D eigenvalue weighted by Gasteiger charge is 2.34. The minimum atomic E-state index is -1.34. The highest BCUT2D eigenvalue weighted by molar-refractivity contribution is 7.98. The van der Waals surface area contributed by atoms with E-state index in [1.165, 1.54) is 30.4 Å². The Morgan fingerprint density at radius 3 is 1.40 bits per heavy atom. The smallest absolute Gasteiger partial charge is 0.326 e. The average Bonchev–Trinajstić information content (AvgIpc) is 3.37. The van der Waals surface area contributed by atoms with Crippen LogP contribution >= 0.6 is 23.5 Å². The maximum atomic E-state index is 14.2. The van der Waals surface area contributed by atoms with Crippen molar-refractivity contribution >= 4 is 94.6 Å². The van der Waals surface area contributed by atoms with E-state index in [2.05, 4.69) is 57.5 Å². The van der Waals surface area contributed by atoms with Crippen molar-refractivity contribution in [1.82, 2.24) is 42.5 Å². The number of amides is 8. The van der Waals surface area contributed by atoms with E-state index in [1.54, 1.807) is 56.7 Å². The summed E-state index contributed by atoms with van der Waals surface area (Å²) in [6.45, 7) is 4.58. The molecule has 28 nitrogen and oxygen atoms in total. The number of guanidine groups is 3. The first-order valence-corrected chi connectivity index (χ1v) is 27.7. The van der Waals surface area contributed by atoms with Crippen molar-refractivity contribution in [2.24, 2.45) is 61.0 Å². The first-order valence-electron chi connectivity index (χ1n) is 25.0. The van der Waals surface area contributed by atoms with Crippen molar-refractivity contribution in [2.45, 2.75) is 127 Å². The minimum absolute atomic E-state index is 0.0199. The SMILES string of the molecule is CSCC[C@H](NC(=O)[C@H](CCCN=C(N)N)NC(=O)[C@H](CCSC)NC(=O)[C@@H](NC(=O)[C@H](Cc1ccccc1)NC(=O)CNC(=O)[C@H](C)NC(=O)[C@@H](N)CCCN=C(N)N)C(C)C)C(=O)N[C@@H](CCCN=C(N)N)C(=O)O. The number of benzene rings is 1. The molecule has 0 saturated heterocycles. The van der Waals surface area contributed by atoms with Crippen molar-refractivity contribution in [1.29, 1.82) is 0 Å². The fourth-order valence-electron chi connectivity index (χ4n) is 7.07. The molecule has 0 aliphatic heterocycles. The van der Waals surface area contributed by atoms with E-state index >= 15 is 0 Å². The Bertz CT molecular complexity index is 2160. The topological polar surface area (TPSA) is 489 Å². The number of aliphatic carboxylic acids is 1. The fourth-order valence-corrected chi connectivity index (χ4v) is 8.01. The second-order valence-corrected chi connectivity index (χ2v) is 20.1. The van der Waals surface area contributed by atoms with Gasteiger partial charge in [0, 0.05) is 26.1 Å². The molecule has 77 heavy (non-hydrogen) atoms. The van der Waals surface area contributed by atoms with Crippen LogP contribution in [0, 0.1) is 5.92 Å². The van der Waals surface area contributed by atoms with Gasteiger partial charge in [-0.15, -0.1) is 0 Å². The van der Waals surface area contributed by atoms with E-state index in [0.29, 0.717) is 23.5 Å². The van der Waals surface area contributed by atoms with E-state index in [4.69, 9.17) is 40.1 Å². The van der Waals surface area contributed by atoms with Gasteiger partial charge in [0.05, 0.1) is 12.6 Å². The standard InChI is InChI=1S/C47H82N18O10S2/c1-26(2)36(65-42(72)34(24-28-12-7-6-8-13-28)60-35(66)25-58-37(67)27(3)59-38(68)29(48)14-9-19-55-45(49)50)43(73)63-32(18-23-77-5)40(70)61-30(15-10-20-56-46(51)52)39(69)62-31(17-22-76-4)41(71)64-33(44(74)75)16-11-21-57-47(53)54/h6-8,12-13,26-27,29-34,36H,9-11,14-25,48H2,1-5H3,(H,58,67)(H,59,68)(H,60,66)(H,61,70)(H,62,69)(H,63,73)(H,64,71)(H,65,72)(H,74,75)(H4,49,50,55)(H4,51,52,56)(H4,53,54,57)/t27-,29-,30-,31-,32-,33-,34-,36-/m0/s1. The van der Waals surface area contributed by atoms with E-state index in [0.717, 1.165) is 0 Å². The average molecular weight is 1120 g/mol. The van der Waals surface area contributed by atoms with Crippen LogP contribution in [0.4, 0.5) is 0 Å². The highest BCUT2D eigenvalue weighted by Crippen LogP contribution is 2.11. The lowest BCUT2D eigenvalue weighted by atomic mass is 10.00. The summed E-state index contributed by atoms with van der Waals surface area (Å²) in [5.41, 5.74) is 39.0. The summed E-state index contributed by atoms with van der Waals surface area (Å²) >= 11 is 2.76. The van der Waals surface area contributed by atoms with Gasteiger partial charge in [0.2, 0.25) is 47.3 Å². The van der Waals surface area contributed by atoms with Crippen LogP contribution in [0.5, 0.6) is 0 Å². The molecule has 8 atom stereocenters. The third-order valence-corrected chi connectivity index (χ3v) is 12.6. The predicted octanol–water partition coefficient (Wildman–Crippen LogP) is -4.51. The third kappa shape index (κ3) is 29.1. The van der Waals surface area contributed by atoms with Crippen LogP contribution in [0.2, 0.25) is 0 Å². The number of nitrogens with two attached hydrogens (primary N) is 7. The molecule has 0 heterocycles. The number of hydrogen-bond donors (Lipinski definition) is 16. The summed E-state index contributed by atoms with van der Waals surface area (Å²) in [6.07, 6.45) is 4.71. The van der Waals surface area contributed by atoms with Crippen LogP contribution < -0.4 is 82.7 Å². The summed E-state index contributed by atoms with van der Waals surface area (Å²) in [5.74, 6) is -7.55. The van der Waals surface area contributed by atoms with Crippen LogP contribution in [0.15, 0.2) is 45.3 Å².